The number of hydrogen-bond donors (Lipinski definition) is 2. The summed E-state index contributed by atoms with van der Waals surface area (Å²) in [5.74, 6) is 0.208. The van der Waals surface area contributed by atoms with E-state index in [4.69, 9.17) is 0 Å². The molecule has 0 amide bonds. The van der Waals surface area contributed by atoms with Gasteiger partial charge in [-0.1, -0.05) is 36.4 Å². The summed E-state index contributed by atoms with van der Waals surface area (Å²) in [7, 11) is 0.271. The minimum atomic E-state index is -1.34. The summed E-state index contributed by atoms with van der Waals surface area (Å²) < 4.78 is 31.9. The van der Waals surface area contributed by atoms with Crippen molar-refractivity contribution in [2.75, 3.05) is 10.0 Å². The fourth-order valence-corrected chi connectivity index (χ4v) is 4.98. The zero-order valence-corrected chi connectivity index (χ0v) is 17.9. The first-order valence-corrected chi connectivity index (χ1v) is 11.0. The van der Waals surface area contributed by atoms with Crippen LogP contribution in [0.4, 0.5) is 21.6 Å². The third-order valence-electron chi connectivity index (χ3n) is 5.42. The van der Waals surface area contributed by atoms with E-state index in [9.17, 15) is 13.4 Å². The summed E-state index contributed by atoms with van der Waals surface area (Å²) in [6, 6.07) is 16.5. The van der Waals surface area contributed by atoms with E-state index >= 15 is 0 Å². The molecule has 3 atom stereocenters. The van der Waals surface area contributed by atoms with Gasteiger partial charge in [0, 0.05) is 18.5 Å². The van der Waals surface area contributed by atoms with E-state index in [1.165, 1.54) is 16.2 Å². The molecule has 156 valence electrons. The van der Waals surface area contributed by atoms with Crippen LogP contribution in [0, 0.1) is 19.7 Å². The number of pyridine rings is 1. The van der Waals surface area contributed by atoms with Crippen molar-refractivity contribution >= 4 is 28.2 Å². The molecule has 3 aromatic rings. The molecule has 30 heavy (non-hydrogen) atoms. The van der Waals surface area contributed by atoms with Crippen LogP contribution in [0.3, 0.4) is 0 Å². The van der Waals surface area contributed by atoms with E-state index in [0.29, 0.717) is 17.1 Å². The van der Waals surface area contributed by atoms with Gasteiger partial charge in [0.1, 0.15) is 22.6 Å². The lowest BCUT2D eigenvalue weighted by molar-refractivity contribution is 0.630. The molecule has 1 saturated carbocycles. The molecule has 0 bridgehead atoms. The van der Waals surface area contributed by atoms with Crippen molar-refractivity contribution in [1.29, 1.82) is 0 Å². The Labute approximate surface area is 177 Å². The molecule has 0 saturated heterocycles. The van der Waals surface area contributed by atoms with Crippen LogP contribution in [0.25, 0.3) is 0 Å². The summed E-state index contributed by atoms with van der Waals surface area (Å²) in [4.78, 5) is 12.5. The van der Waals surface area contributed by atoms with Crippen LogP contribution in [0.1, 0.15) is 29.0 Å². The number of hydrogen-bond acceptors (Lipinski definition) is 3. The van der Waals surface area contributed by atoms with E-state index in [2.05, 4.69) is 10.0 Å². The third-order valence-corrected chi connectivity index (χ3v) is 6.91. The maximum absolute atomic E-state index is 14.4. The Kier molecular flexibility index (Phi) is 5.47. The Morgan fingerprint density at radius 3 is 2.50 bits per heavy atom. The number of halogens is 1. The molecule has 4 rings (SSSR count). The first-order valence-electron chi connectivity index (χ1n) is 9.81. The average Bonchev–Trinajstić information content (AvgIpc) is 3.52. The highest BCUT2D eigenvalue weighted by Gasteiger charge is 2.43. The fraction of sp³-hybridized carbons (Fsp3) is 0.261. The van der Waals surface area contributed by atoms with Crippen molar-refractivity contribution < 1.29 is 8.60 Å². The van der Waals surface area contributed by atoms with Gasteiger partial charge in [-0.3, -0.25) is 9.36 Å². The Balaban J connectivity index is 1.61. The highest BCUT2D eigenvalue weighted by molar-refractivity contribution is 7.87. The Morgan fingerprint density at radius 2 is 1.80 bits per heavy atom. The van der Waals surface area contributed by atoms with Crippen LogP contribution in [-0.2, 0) is 18.0 Å². The molecule has 1 aromatic heterocycles. The number of aromatic nitrogens is 1. The SMILES string of the molecule is Cc1ccc(Nc2c(NS(=O)C3CC3c3ccccc3)cc(C)c(=O)n2C)c(F)c1. The Hall–Kier alpha value is -2.93. The highest BCUT2D eigenvalue weighted by Crippen LogP contribution is 2.45. The number of benzene rings is 2. The first kappa shape index (κ1) is 20.3. The molecule has 2 N–H and O–H groups in total. The van der Waals surface area contributed by atoms with Crippen molar-refractivity contribution in [2.45, 2.75) is 31.4 Å². The number of nitrogens with one attached hydrogen (secondary N) is 2. The topological polar surface area (TPSA) is 63.1 Å². The van der Waals surface area contributed by atoms with Crippen molar-refractivity contribution in [3.05, 3.63) is 87.5 Å². The van der Waals surface area contributed by atoms with Gasteiger partial charge in [-0.2, -0.15) is 0 Å². The molecule has 0 spiro atoms. The van der Waals surface area contributed by atoms with Gasteiger partial charge in [0.05, 0.1) is 16.6 Å². The Morgan fingerprint density at radius 1 is 1.07 bits per heavy atom. The lowest BCUT2D eigenvalue weighted by Gasteiger charge is -2.18. The van der Waals surface area contributed by atoms with Crippen LogP contribution >= 0.6 is 0 Å². The quantitative estimate of drug-likeness (QED) is 0.611. The van der Waals surface area contributed by atoms with E-state index in [-0.39, 0.29) is 22.4 Å². The maximum atomic E-state index is 14.4. The van der Waals surface area contributed by atoms with E-state index in [1.54, 1.807) is 32.2 Å². The van der Waals surface area contributed by atoms with Gasteiger partial charge >= 0.3 is 0 Å². The number of aryl methyl sites for hydroxylation is 2. The smallest absolute Gasteiger partial charge is 0.254 e. The molecular formula is C23H24FN3O2S. The molecule has 7 heteroatoms. The van der Waals surface area contributed by atoms with Crippen molar-refractivity contribution in [3.63, 3.8) is 0 Å². The van der Waals surface area contributed by atoms with Crippen LogP contribution in [0.5, 0.6) is 0 Å². The van der Waals surface area contributed by atoms with Crippen molar-refractivity contribution in [1.82, 2.24) is 4.57 Å². The predicted molar refractivity (Wildman–Crippen MR) is 120 cm³/mol. The van der Waals surface area contributed by atoms with Gasteiger partial charge in [0.15, 0.2) is 0 Å². The summed E-state index contributed by atoms with van der Waals surface area (Å²) in [6.07, 6.45) is 0.837. The normalized spacial score (nSPS) is 18.7. The van der Waals surface area contributed by atoms with Crippen LogP contribution in [0.15, 0.2) is 59.4 Å². The lowest BCUT2D eigenvalue weighted by Crippen LogP contribution is -2.24. The van der Waals surface area contributed by atoms with Gasteiger partial charge in [-0.15, -0.1) is 0 Å². The maximum Gasteiger partial charge on any atom is 0.254 e. The second-order valence-electron chi connectivity index (χ2n) is 7.75. The van der Waals surface area contributed by atoms with Gasteiger partial charge in [0.2, 0.25) is 0 Å². The molecule has 3 unspecified atom stereocenters. The van der Waals surface area contributed by atoms with Gasteiger partial charge in [-0.05, 0) is 49.6 Å². The molecule has 1 aliphatic carbocycles. The molecule has 1 fully saturated rings. The molecule has 5 nitrogen and oxygen atoms in total. The molecule has 0 radical (unpaired) electrons. The van der Waals surface area contributed by atoms with Crippen LogP contribution in [0.2, 0.25) is 0 Å². The minimum absolute atomic E-state index is 0.00565. The van der Waals surface area contributed by atoms with Gasteiger partial charge in [0.25, 0.3) is 5.56 Å². The predicted octanol–water partition coefficient (Wildman–Crippen LogP) is 4.52. The molecular weight excluding hydrogens is 401 g/mol. The summed E-state index contributed by atoms with van der Waals surface area (Å²) in [6.45, 7) is 3.51. The van der Waals surface area contributed by atoms with E-state index in [1.807, 2.05) is 37.3 Å². The minimum Gasteiger partial charge on any atom is -0.337 e. The zero-order valence-electron chi connectivity index (χ0n) is 17.1. The number of rotatable bonds is 6. The fourth-order valence-electron chi connectivity index (χ4n) is 3.61. The van der Waals surface area contributed by atoms with Crippen LogP contribution < -0.4 is 15.6 Å². The largest absolute Gasteiger partial charge is 0.337 e. The zero-order chi connectivity index (χ0) is 21.4. The van der Waals surface area contributed by atoms with E-state index in [0.717, 1.165) is 12.0 Å². The standard InChI is InChI=1S/C23H24FN3O2S/c1-14-9-10-19(18(24)11-14)25-22-20(12-15(2)23(28)27(22)3)26-30(29)21-13-17(21)16-7-5-4-6-8-16/h4-12,17,21,25-26H,13H2,1-3H3. The molecule has 2 aromatic carbocycles. The number of anilines is 3. The Bertz CT molecular complexity index is 1180. The monoisotopic (exact) mass is 425 g/mol. The lowest BCUT2D eigenvalue weighted by atomic mass is 10.1. The second-order valence-corrected chi connectivity index (χ2v) is 9.16. The highest BCUT2D eigenvalue weighted by atomic mass is 32.2. The third kappa shape index (κ3) is 4.03. The first-order chi connectivity index (χ1) is 14.3. The summed E-state index contributed by atoms with van der Waals surface area (Å²) in [5.41, 5.74) is 3.05. The van der Waals surface area contributed by atoms with Crippen molar-refractivity contribution in [3.8, 4) is 0 Å². The van der Waals surface area contributed by atoms with E-state index < -0.39 is 16.8 Å². The molecule has 1 aliphatic rings. The molecule has 1 heterocycles. The molecule has 0 aliphatic heterocycles. The van der Waals surface area contributed by atoms with Crippen LogP contribution in [-0.4, -0.2) is 14.0 Å². The summed E-state index contributed by atoms with van der Waals surface area (Å²) in [5, 5.41) is 3.00. The second kappa shape index (κ2) is 8.07. The average molecular weight is 426 g/mol. The van der Waals surface area contributed by atoms with Gasteiger partial charge < -0.3 is 10.0 Å². The van der Waals surface area contributed by atoms with Crippen molar-refractivity contribution in [2.24, 2.45) is 7.05 Å². The number of nitrogens with zero attached hydrogens (tertiary/aromatic N) is 1. The summed E-state index contributed by atoms with van der Waals surface area (Å²) >= 11 is 0. The van der Waals surface area contributed by atoms with Gasteiger partial charge in [-0.25, -0.2) is 8.60 Å².